The largest absolute Gasteiger partial charge is 0.457 e. The topological polar surface area (TPSA) is 44.1 Å². The second kappa shape index (κ2) is 6.62. The molecular weight excluding hydrogens is 319 g/mol. The van der Waals surface area contributed by atoms with Gasteiger partial charge in [-0.2, -0.15) is 5.10 Å². The van der Waals surface area contributed by atoms with Crippen molar-refractivity contribution in [2.24, 2.45) is 0 Å². The molecule has 3 rings (SSSR count). The molecule has 2 aromatic carbocycles. The van der Waals surface area contributed by atoms with E-state index in [9.17, 15) is 9.18 Å². The molecule has 0 spiro atoms. The van der Waals surface area contributed by atoms with Crippen LogP contribution in [0.5, 0.6) is 0 Å². The summed E-state index contributed by atoms with van der Waals surface area (Å²) in [4.78, 5) is 12.2. The van der Waals surface area contributed by atoms with Crippen LogP contribution in [0.1, 0.15) is 15.9 Å². The van der Waals surface area contributed by atoms with E-state index in [0.29, 0.717) is 11.3 Å². The molecule has 0 N–H and O–H groups in total. The van der Waals surface area contributed by atoms with Crippen LogP contribution < -0.4 is 0 Å². The van der Waals surface area contributed by atoms with E-state index in [2.05, 4.69) is 5.10 Å². The Morgan fingerprint density at radius 3 is 2.78 bits per heavy atom. The third-order valence-corrected chi connectivity index (χ3v) is 3.58. The number of ether oxygens (including phenoxy) is 1. The molecule has 0 saturated heterocycles. The van der Waals surface area contributed by atoms with E-state index in [1.807, 2.05) is 0 Å². The molecule has 1 aromatic heterocycles. The van der Waals surface area contributed by atoms with E-state index in [0.717, 1.165) is 0 Å². The van der Waals surface area contributed by atoms with Gasteiger partial charge in [-0.15, -0.1) is 0 Å². The van der Waals surface area contributed by atoms with Crippen LogP contribution in [-0.2, 0) is 11.3 Å². The van der Waals surface area contributed by atoms with Crippen LogP contribution in [0.4, 0.5) is 4.39 Å². The second-order valence-electron chi connectivity index (χ2n) is 4.78. The number of carbonyl (C=O) groups excluding carboxylic acids is 1. The van der Waals surface area contributed by atoms with Crippen molar-refractivity contribution in [1.29, 1.82) is 0 Å². The van der Waals surface area contributed by atoms with Gasteiger partial charge in [0, 0.05) is 18.0 Å². The number of halogens is 2. The lowest BCUT2D eigenvalue weighted by Gasteiger charge is -2.09. The van der Waals surface area contributed by atoms with E-state index in [4.69, 9.17) is 16.3 Å². The normalized spacial score (nSPS) is 10.5. The Balaban J connectivity index is 1.79. The fourth-order valence-electron chi connectivity index (χ4n) is 2.07. The predicted octanol–water partition coefficient (Wildman–Crippen LogP) is 4.02. The van der Waals surface area contributed by atoms with Gasteiger partial charge in [-0.3, -0.25) is 0 Å². The van der Waals surface area contributed by atoms with Crippen LogP contribution in [0.3, 0.4) is 0 Å². The molecule has 0 aliphatic carbocycles. The van der Waals surface area contributed by atoms with Crippen molar-refractivity contribution >= 4 is 17.6 Å². The zero-order chi connectivity index (χ0) is 16.2. The van der Waals surface area contributed by atoms with Crippen molar-refractivity contribution < 1.29 is 13.9 Å². The molecule has 23 heavy (non-hydrogen) atoms. The van der Waals surface area contributed by atoms with Gasteiger partial charge in [0.1, 0.15) is 12.4 Å². The van der Waals surface area contributed by atoms with E-state index in [-0.39, 0.29) is 17.2 Å². The standard InChI is InChI=1S/C17H12ClFN2O2/c18-15-7-6-13(21-9-3-8-20-21)10-14(15)17(22)23-11-12-4-1-2-5-16(12)19/h1-10H,11H2. The molecule has 0 atom stereocenters. The molecule has 0 aliphatic rings. The van der Waals surface area contributed by atoms with Gasteiger partial charge in [-0.25, -0.2) is 13.9 Å². The quantitative estimate of drug-likeness (QED) is 0.679. The zero-order valence-corrected chi connectivity index (χ0v) is 12.7. The number of rotatable bonds is 4. The van der Waals surface area contributed by atoms with Gasteiger partial charge >= 0.3 is 5.97 Å². The molecule has 0 radical (unpaired) electrons. The van der Waals surface area contributed by atoms with Crippen LogP contribution in [0.2, 0.25) is 5.02 Å². The average molecular weight is 331 g/mol. The third kappa shape index (κ3) is 3.40. The molecular formula is C17H12ClFN2O2. The average Bonchev–Trinajstić information content (AvgIpc) is 3.09. The summed E-state index contributed by atoms with van der Waals surface area (Å²) in [7, 11) is 0. The Bertz CT molecular complexity index is 834. The van der Waals surface area contributed by atoms with Gasteiger partial charge in [0.15, 0.2) is 0 Å². The number of benzene rings is 2. The Hall–Kier alpha value is -2.66. The Kier molecular flexibility index (Phi) is 4.39. The minimum absolute atomic E-state index is 0.159. The summed E-state index contributed by atoms with van der Waals surface area (Å²) in [5, 5.41) is 4.36. The van der Waals surface area contributed by atoms with Crippen LogP contribution in [-0.4, -0.2) is 15.7 Å². The highest BCUT2D eigenvalue weighted by Gasteiger charge is 2.14. The van der Waals surface area contributed by atoms with Gasteiger partial charge in [0.25, 0.3) is 0 Å². The minimum Gasteiger partial charge on any atom is -0.457 e. The highest BCUT2D eigenvalue weighted by Crippen LogP contribution is 2.21. The lowest BCUT2D eigenvalue weighted by molar-refractivity contribution is 0.0469. The van der Waals surface area contributed by atoms with Crippen LogP contribution >= 0.6 is 11.6 Å². The Labute approximate surface area is 137 Å². The molecule has 0 saturated carbocycles. The molecule has 0 aliphatic heterocycles. The monoisotopic (exact) mass is 330 g/mol. The summed E-state index contributed by atoms with van der Waals surface area (Å²) in [6.45, 7) is -0.159. The van der Waals surface area contributed by atoms with Gasteiger partial charge in [-0.05, 0) is 30.3 Å². The maximum atomic E-state index is 13.5. The number of aromatic nitrogens is 2. The van der Waals surface area contributed by atoms with Crippen LogP contribution in [0.25, 0.3) is 5.69 Å². The zero-order valence-electron chi connectivity index (χ0n) is 11.9. The van der Waals surface area contributed by atoms with Gasteiger partial charge in [-0.1, -0.05) is 29.8 Å². The molecule has 0 bridgehead atoms. The van der Waals surface area contributed by atoms with Gasteiger partial charge in [0.2, 0.25) is 0 Å². The first kappa shape index (κ1) is 15.2. The van der Waals surface area contributed by atoms with Gasteiger partial charge < -0.3 is 4.74 Å². The van der Waals surface area contributed by atoms with E-state index >= 15 is 0 Å². The molecule has 0 unspecified atom stereocenters. The first-order chi connectivity index (χ1) is 11.1. The molecule has 0 fully saturated rings. The Morgan fingerprint density at radius 1 is 1.22 bits per heavy atom. The fraction of sp³-hybridized carbons (Fsp3) is 0.0588. The van der Waals surface area contributed by atoms with Crippen molar-refractivity contribution in [3.05, 3.63) is 82.9 Å². The van der Waals surface area contributed by atoms with E-state index in [1.165, 1.54) is 6.07 Å². The highest BCUT2D eigenvalue weighted by atomic mass is 35.5. The molecule has 3 aromatic rings. The highest BCUT2D eigenvalue weighted by molar-refractivity contribution is 6.33. The van der Waals surface area contributed by atoms with E-state index in [1.54, 1.807) is 59.5 Å². The van der Waals surface area contributed by atoms with Crippen LogP contribution in [0.15, 0.2) is 60.9 Å². The molecule has 4 nitrogen and oxygen atoms in total. The number of nitrogens with zero attached hydrogens (tertiary/aromatic N) is 2. The molecule has 116 valence electrons. The smallest absolute Gasteiger partial charge is 0.340 e. The lowest BCUT2D eigenvalue weighted by Crippen LogP contribution is -2.08. The molecule has 0 amide bonds. The molecule has 6 heteroatoms. The van der Waals surface area contributed by atoms with Crippen molar-refractivity contribution in [3.8, 4) is 5.69 Å². The maximum absolute atomic E-state index is 13.5. The number of esters is 1. The molecule has 1 heterocycles. The van der Waals surface area contributed by atoms with Crippen LogP contribution in [0, 0.1) is 5.82 Å². The van der Waals surface area contributed by atoms with Crippen molar-refractivity contribution in [2.75, 3.05) is 0 Å². The van der Waals surface area contributed by atoms with Crippen molar-refractivity contribution in [1.82, 2.24) is 9.78 Å². The first-order valence-corrected chi connectivity index (χ1v) is 7.23. The van der Waals surface area contributed by atoms with Crippen molar-refractivity contribution in [2.45, 2.75) is 6.61 Å². The lowest BCUT2D eigenvalue weighted by atomic mass is 10.2. The fourth-order valence-corrected chi connectivity index (χ4v) is 2.26. The second-order valence-corrected chi connectivity index (χ2v) is 5.19. The third-order valence-electron chi connectivity index (χ3n) is 3.26. The summed E-state index contributed by atoms with van der Waals surface area (Å²) >= 11 is 6.06. The summed E-state index contributed by atoms with van der Waals surface area (Å²) in [5.74, 6) is -1.04. The summed E-state index contributed by atoms with van der Waals surface area (Å²) in [6.07, 6.45) is 3.38. The van der Waals surface area contributed by atoms with E-state index < -0.39 is 11.8 Å². The minimum atomic E-state index is -0.618. The predicted molar refractivity (Wildman–Crippen MR) is 84.1 cm³/mol. The first-order valence-electron chi connectivity index (χ1n) is 6.85. The maximum Gasteiger partial charge on any atom is 0.340 e. The van der Waals surface area contributed by atoms with Gasteiger partial charge in [0.05, 0.1) is 16.3 Å². The number of hydrogen-bond acceptors (Lipinski definition) is 3. The summed E-state index contributed by atoms with van der Waals surface area (Å²) < 4.78 is 20.3. The SMILES string of the molecule is O=C(OCc1ccccc1F)c1cc(-n2cccn2)ccc1Cl. The summed E-state index contributed by atoms with van der Waals surface area (Å²) in [5.41, 5.74) is 1.19. The van der Waals surface area contributed by atoms with Crippen molar-refractivity contribution in [3.63, 3.8) is 0 Å². The summed E-state index contributed by atoms with van der Waals surface area (Å²) in [6, 6.07) is 12.8. The Morgan fingerprint density at radius 2 is 2.04 bits per heavy atom. The number of hydrogen-bond donors (Lipinski definition) is 0. The number of carbonyl (C=O) groups is 1.